The maximum atomic E-state index is 12.8. The zero-order chi connectivity index (χ0) is 28.8. The maximum Gasteiger partial charge on any atom is 0.330 e. The Labute approximate surface area is 263 Å². The van der Waals surface area contributed by atoms with E-state index in [4.69, 9.17) is 9.47 Å². The highest BCUT2D eigenvalue weighted by molar-refractivity contribution is 14.1. The SMILES string of the molecule is [N-]=[N+]=NC1CC(n2cc(C(I)=CI)c(=O)[nH]c2=O)OC1COC(c1ccccc1)(c1ccccc1)c1ccccc1. The lowest BCUT2D eigenvalue weighted by atomic mass is 9.80. The fourth-order valence-electron chi connectivity index (χ4n) is 5.13. The molecule has 1 saturated heterocycles. The summed E-state index contributed by atoms with van der Waals surface area (Å²) in [5.41, 5.74) is 10.4. The maximum absolute atomic E-state index is 12.8. The number of aromatic amines is 1. The molecule has 0 spiro atoms. The van der Waals surface area contributed by atoms with E-state index in [-0.39, 0.29) is 13.0 Å². The number of hydrogen-bond donors (Lipinski definition) is 1. The van der Waals surface area contributed by atoms with Gasteiger partial charge in [0, 0.05) is 21.1 Å². The number of nitrogens with one attached hydrogen (secondary N) is 1. The van der Waals surface area contributed by atoms with Crippen LogP contribution in [0.5, 0.6) is 0 Å². The van der Waals surface area contributed by atoms with Gasteiger partial charge in [0.1, 0.15) is 11.8 Å². The van der Waals surface area contributed by atoms with Crippen molar-refractivity contribution in [1.82, 2.24) is 9.55 Å². The average molecular weight is 773 g/mol. The smallest absolute Gasteiger partial charge is 0.330 e. The lowest BCUT2D eigenvalue weighted by molar-refractivity contribution is -0.0796. The first-order chi connectivity index (χ1) is 20.0. The summed E-state index contributed by atoms with van der Waals surface area (Å²) < 4.78 is 17.0. The van der Waals surface area contributed by atoms with E-state index in [9.17, 15) is 15.1 Å². The molecule has 9 nitrogen and oxygen atoms in total. The van der Waals surface area contributed by atoms with Crippen LogP contribution in [-0.2, 0) is 15.1 Å². The van der Waals surface area contributed by atoms with Crippen LogP contribution in [-0.4, -0.2) is 28.3 Å². The average Bonchev–Trinajstić information content (AvgIpc) is 3.41. The molecule has 5 rings (SSSR count). The minimum absolute atomic E-state index is 0.0645. The third kappa shape index (κ3) is 6.04. The van der Waals surface area contributed by atoms with Crippen LogP contribution in [0.25, 0.3) is 14.0 Å². The molecule has 208 valence electrons. The molecule has 0 amide bonds. The second-order valence-electron chi connectivity index (χ2n) is 9.39. The lowest BCUT2D eigenvalue weighted by Gasteiger charge is -2.37. The van der Waals surface area contributed by atoms with Gasteiger partial charge in [-0.1, -0.05) is 119 Å². The van der Waals surface area contributed by atoms with Crippen LogP contribution in [0.3, 0.4) is 0 Å². The molecule has 4 aromatic rings. The Morgan fingerprint density at radius 3 is 2.05 bits per heavy atom. The molecule has 11 heteroatoms. The van der Waals surface area contributed by atoms with E-state index in [1.807, 2.05) is 136 Å². The van der Waals surface area contributed by atoms with E-state index in [0.29, 0.717) is 9.14 Å². The van der Waals surface area contributed by atoms with Crippen LogP contribution in [0, 0.1) is 0 Å². The second kappa shape index (κ2) is 13.2. The summed E-state index contributed by atoms with van der Waals surface area (Å²) in [4.78, 5) is 30.6. The van der Waals surface area contributed by atoms with Gasteiger partial charge in [0.2, 0.25) is 0 Å². The number of rotatable bonds is 9. The summed E-state index contributed by atoms with van der Waals surface area (Å²) in [6.07, 6.45) is 0.303. The van der Waals surface area contributed by atoms with Crippen LogP contribution >= 0.6 is 45.2 Å². The van der Waals surface area contributed by atoms with E-state index < -0.39 is 35.2 Å². The third-order valence-electron chi connectivity index (χ3n) is 7.04. The minimum atomic E-state index is -0.991. The van der Waals surface area contributed by atoms with E-state index >= 15 is 0 Å². The predicted octanol–water partition coefficient (Wildman–Crippen LogP) is 6.68. The van der Waals surface area contributed by atoms with Crippen molar-refractivity contribution in [1.29, 1.82) is 0 Å². The number of azide groups is 1. The predicted molar refractivity (Wildman–Crippen MR) is 174 cm³/mol. The quantitative estimate of drug-likeness (QED) is 0.0671. The van der Waals surface area contributed by atoms with E-state index in [2.05, 4.69) is 15.0 Å². The van der Waals surface area contributed by atoms with Crippen molar-refractivity contribution >= 4 is 48.8 Å². The van der Waals surface area contributed by atoms with Crippen LogP contribution < -0.4 is 11.2 Å². The summed E-state index contributed by atoms with van der Waals surface area (Å²) in [5.74, 6) is 0. The van der Waals surface area contributed by atoms with E-state index in [1.165, 1.54) is 10.8 Å². The van der Waals surface area contributed by atoms with Crippen molar-refractivity contribution in [3.8, 4) is 0 Å². The monoisotopic (exact) mass is 773 g/mol. The van der Waals surface area contributed by atoms with E-state index in [1.54, 1.807) is 4.08 Å². The largest absolute Gasteiger partial charge is 0.358 e. The number of benzene rings is 3. The van der Waals surface area contributed by atoms with Gasteiger partial charge in [0.25, 0.3) is 5.56 Å². The first-order valence-corrected chi connectivity index (χ1v) is 15.1. The molecule has 1 N–H and O–H groups in total. The molecule has 2 heterocycles. The third-order valence-corrected chi connectivity index (χ3v) is 9.75. The van der Waals surface area contributed by atoms with Crippen LogP contribution in [0.15, 0.2) is 116 Å². The van der Waals surface area contributed by atoms with Gasteiger partial charge in [-0.25, -0.2) is 4.79 Å². The summed E-state index contributed by atoms with van der Waals surface area (Å²) in [6.45, 7) is 0.0645. The van der Waals surface area contributed by atoms with Crippen molar-refractivity contribution in [2.75, 3.05) is 6.61 Å². The van der Waals surface area contributed by atoms with Gasteiger partial charge in [-0.15, -0.1) is 0 Å². The standard InChI is InChI=1S/C30H25I2N5O4/c31-17-24(32)23-18-37(29(39)34-28(23)38)27-16-25(35-36-33)26(41-27)19-40-30(20-10-4-1-5-11-20,21-12-6-2-7-13-21)22-14-8-3-9-15-22/h1-15,17-18,25-27H,16,19H2,(H,34,38,39). The molecule has 3 aromatic carbocycles. The minimum Gasteiger partial charge on any atom is -0.358 e. The molecule has 41 heavy (non-hydrogen) atoms. The van der Waals surface area contributed by atoms with Gasteiger partial charge in [-0.3, -0.25) is 14.3 Å². The molecule has 1 aromatic heterocycles. The molecule has 3 unspecified atom stereocenters. The topological polar surface area (TPSA) is 122 Å². The van der Waals surface area contributed by atoms with Crippen molar-refractivity contribution in [2.45, 2.75) is 30.4 Å². The van der Waals surface area contributed by atoms with E-state index in [0.717, 1.165) is 16.7 Å². The first kappa shape index (κ1) is 29.3. The molecule has 1 fully saturated rings. The molecule has 0 aliphatic carbocycles. The molecule has 0 saturated carbocycles. The van der Waals surface area contributed by atoms with Crippen LogP contribution in [0.4, 0.5) is 0 Å². The Morgan fingerprint density at radius 2 is 1.56 bits per heavy atom. The fraction of sp³-hybridized carbons (Fsp3) is 0.200. The zero-order valence-corrected chi connectivity index (χ0v) is 26.0. The molecule has 0 radical (unpaired) electrons. The molecule has 1 aliphatic rings. The molecular weight excluding hydrogens is 748 g/mol. The van der Waals surface area contributed by atoms with Crippen LogP contribution in [0.2, 0.25) is 0 Å². The number of hydrogen-bond acceptors (Lipinski definition) is 5. The van der Waals surface area contributed by atoms with Crippen molar-refractivity contribution < 1.29 is 9.47 Å². The Kier molecular flexibility index (Phi) is 9.40. The van der Waals surface area contributed by atoms with Crippen LogP contribution in [0.1, 0.15) is 34.9 Å². The highest BCUT2D eigenvalue weighted by Crippen LogP contribution is 2.42. The summed E-state index contributed by atoms with van der Waals surface area (Å²) in [6, 6.07) is 29.2. The number of aromatic nitrogens is 2. The Hall–Kier alpha value is -3.23. The summed E-state index contributed by atoms with van der Waals surface area (Å²) >= 11 is 4.08. The Morgan fingerprint density at radius 1 is 1.02 bits per heavy atom. The Balaban J connectivity index is 1.54. The van der Waals surface area contributed by atoms with Gasteiger partial charge in [-0.05, 0) is 48.9 Å². The first-order valence-electron chi connectivity index (χ1n) is 12.8. The number of halogens is 2. The highest BCUT2D eigenvalue weighted by atomic mass is 127. The van der Waals surface area contributed by atoms with Crippen molar-refractivity contribution in [3.63, 3.8) is 0 Å². The normalized spacial score (nSPS) is 19.1. The van der Waals surface area contributed by atoms with Gasteiger partial charge < -0.3 is 9.47 Å². The van der Waals surface area contributed by atoms with Crippen molar-refractivity contribution in [2.24, 2.45) is 5.11 Å². The van der Waals surface area contributed by atoms with Gasteiger partial charge in [0.15, 0.2) is 0 Å². The van der Waals surface area contributed by atoms with Crippen molar-refractivity contribution in [3.05, 3.63) is 155 Å². The summed E-state index contributed by atoms with van der Waals surface area (Å²) in [5, 5.41) is 3.99. The lowest BCUT2D eigenvalue weighted by Crippen LogP contribution is -2.38. The fourth-order valence-corrected chi connectivity index (χ4v) is 5.85. The molecule has 3 atom stereocenters. The number of H-pyrrole nitrogens is 1. The second-order valence-corrected chi connectivity index (χ2v) is 11.2. The molecule has 1 aliphatic heterocycles. The number of nitrogens with zero attached hydrogens (tertiary/aromatic N) is 4. The van der Waals surface area contributed by atoms with Gasteiger partial charge in [0.05, 0.1) is 24.3 Å². The van der Waals surface area contributed by atoms with Gasteiger partial charge >= 0.3 is 5.69 Å². The zero-order valence-electron chi connectivity index (χ0n) is 21.6. The summed E-state index contributed by atoms with van der Waals surface area (Å²) in [7, 11) is 0. The Bertz CT molecular complexity index is 1590. The van der Waals surface area contributed by atoms with Gasteiger partial charge in [-0.2, -0.15) is 0 Å². The highest BCUT2D eigenvalue weighted by Gasteiger charge is 2.42. The molecular formula is C30H25I2N5O4. The molecule has 0 bridgehead atoms. The number of ether oxygens (including phenoxy) is 2.